The zero-order valence-electron chi connectivity index (χ0n) is 11.0. The van der Waals surface area contributed by atoms with Gasteiger partial charge >= 0.3 is 12.1 Å². The molecule has 5 heteroatoms. The van der Waals surface area contributed by atoms with Gasteiger partial charge in [0, 0.05) is 13.1 Å². The third-order valence-corrected chi connectivity index (χ3v) is 1.81. The van der Waals surface area contributed by atoms with E-state index in [2.05, 4.69) is 11.3 Å². The quantitative estimate of drug-likeness (QED) is 0.547. The Morgan fingerprint density at radius 1 is 1.35 bits per heavy atom. The molecule has 0 aliphatic rings. The molecule has 98 valence electrons. The molecule has 0 aromatic carbocycles. The summed E-state index contributed by atoms with van der Waals surface area (Å²) in [4.78, 5) is 24.2. The van der Waals surface area contributed by atoms with E-state index < -0.39 is 11.7 Å². The number of ether oxygens (including phenoxy) is 2. The van der Waals surface area contributed by atoms with E-state index in [4.69, 9.17) is 4.74 Å². The lowest BCUT2D eigenvalue weighted by Gasteiger charge is -2.26. The first-order chi connectivity index (χ1) is 7.80. The largest absolute Gasteiger partial charge is 0.469 e. The molecule has 17 heavy (non-hydrogen) atoms. The molecule has 0 fully saturated rings. The topological polar surface area (TPSA) is 55.8 Å². The van der Waals surface area contributed by atoms with Gasteiger partial charge < -0.3 is 14.4 Å². The van der Waals surface area contributed by atoms with Gasteiger partial charge in [0.1, 0.15) is 5.60 Å². The Kier molecular flexibility index (Phi) is 6.31. The highest BCUT2D eigenvalue weighted by Gasteiger charge is 2.21. The van der Waals surface area contributed by atoms with E-state index in [0.717, 1.165) is 0 Å². The van der Waals surface area contributed by atoms with E-state index in [9.17, 15) is 9.59 Å². The monoisotopic (exact) mass is 243 g/mol. The summed E-state index contributed by atoms with van der Waals surface area (Å²) in [6.45, 7) is 9.52. The molecule has 5 nitrogen and oxygen atoms in total. The van der Waals surface area contributed by atoms with E-state index in [-0.39, 0.29) is 18.9 Å². The van der Waals surface area contributed by atoms with Gasteiger partial charge in [-0.1, -0.05) is 6.08 Å². The number of rotatable bonds is 5. The Hall–Kier alpha value is -1.52. The van der Waals surface area contributed by atoms with Gasteiger partial charge in [-0.3, -0.25) is 4.79 Å². The molecule has 0 aliphatic heterocycles. The zero-order chi connectivity index (χ0) is 13.5. The predicted molar refractivity (Wildman–Crippen MR) is 64.6 cm³/mol. The maximum Gasteiger partial charge on any atom is 0.410 e. The molecular formula is C12H21NO4. The molecular weight excluding hydrogens is 222 g/mol. The van der Waals surface area contributed by atoms with Crippen LogP contribution >= 0.6 is 0 Å². The van der Waals surface area contributed by atoms with Crippen LogP contribution < -0.4 is 0 Å². The lowest BCUT2D eigenvalue weighted by atomic mass is 10.2. The Labute approximate surface area is 102 Å². The maximum atomic E-state index is 11.8. The molecule has 0 aliphatic carbocycles. The van der Waals surface area contributed by atoms with Gasteiger partial charge in [0.05, 0.1) is 13.5 Å². The van der Waals surface area contributed by atoms with E-state index in [0.29, 0.717) is 6.54 Å². The van der Waals surface area contributed by atoms with Crippen molar-refractivity contribution in [2.75, 3.05) is 20.2 Å². The van der Waals surface area contributed by atoms with Crippen LogP contribution in [0.25, 0.3) is 0 Å². The number of amides is 1. The molecule has 0 saturated carbocycles. The van der Waals surface area contributed by atoms with Gasteiger partial charge in [0.25, 0.3) is 0 Å². The van der Waals surface area contributed by atoms with Crippen molar-refractivity contribution in [2.45, 2.75) is 32.8 Å². The van der Waals surface area contributed by atoms with Crippen LogP contribution in [0.1, 0.15) is 27.2 Å². The second-order valence-corrected chi connectivity index (χ2v) is 4.54. The fraction of sp³-hybridized carbons (Fsp3) is 0.667. The van der Waals surface area contributed by atoms with E-state index in [1.807, 2.05) is 0 Å². The van der Waals surface area contributed by atoms with E-state index in [1.54, 1.807) is 26.8 Å². The van der Waals surface area contributed by atoms with E-state index in [1.165, 1.54) is 12.0 Å². The Balaban J connectivity index is 4.35. The van der Waals surface area contributed by atoms with Gasteiger partial charge in [0.15, 0.2) is 0 Å². The lowest BCUT2D eigenvalue weighted by Crippen LogP contribution is -2.38. The normalized spacial score (nSPS) is 10.6. The van der Waals surface area contributed by atoms with Gasteiger partial charge in [-0.05, 0) is 20.8 Å². The Morgan fingerprint density at radius 2 is 1.94 bits per heavy atom. The second kappa shape index (κ2) is 6.93. The average molecular weight is 243 g/mol. The van der Waals surface area contributed by atoms with Crippen molar-refractivity contribution in [3.05, 3.63) is 12.7 Å². The molecule has 0 radical (unpaired) electrons. The van der Waals surface area contributed by atoms with E-state index >= 15 is 0 Å². The number of esters is 1. The summed E-state index contributed by atoms with van der Waals surface area (Å²) in [7, 11) is 1.31. The number of hydrogen-bond donors (Lipinski definition) is 0. The summed E-state index contributed by atoms with van der Waals surface area (Å²) in [5.74, 6) is -0.359. The number of nitrogens with zero attached hydrogens (tertiary/aromatic N) is 1. The van der Waals surface area contributed by atoms with Crippen LogP contribution in [0, 0.1) is 0 Å². The van der Waals surface area contributed by atoms with Crippen molar-refractivity contribution in [1.29, 1.82) is 0 Å². The third kappa shape index (κ3) is 7.38. The fourth-order valence-electron chi connectivity index (χ4n) is 1.07. The molecule has 0 rings (SSSR count). The van der Waals surface area contributed by atoms with Crippen LogP contribution in [0.2, 0.25) is 0 Å². The molecule has 0 saturated heterocycles. The first-order valence-electron chi connectivity index (χ1n) is 5.45. The Morgan fingerprint density at radius 3 is 2.35 bits per heavy atom. The van der Waals surface area contributed by atoms with Crippen LogP contribution in [0.3, 0.4) is 0 Å². The number of carbonyl (C=O) groups is 2. The minimum atomic E-state index is -0.554. The van der Waals surface area contributed by atoms with Crippen LogP contribution in [0.4, 0.5) is 4.79 Å². The Bertz CT molecular complexity index is 281. The summed E-state index contributed by atoms with van der Waals surface area (Å²) < 4.78 is 9.72. The van der Waals surface area contributed by atoms with Gasteiger partial charge in [-0.15, -0.1) is 6.58 Å². The summed E-state index contributed by atoms with van der Waals surface area (Å²) in [5.41, 5.74) is -0.554. The van der Waals surface area contributed by atoms with Crippen molar-refractivity contribution in [1.82, 2.24) is 4.90 Å². The zero-order valence-corrected chi connectivity index (χ0v) is 11.0. The fourth-order valence-corrected chi connectivity index (χ4v) is 1.07. The first-order valence-corrected chi connectivity index (χ1v) is 5.45. The maximum absolute atomic E-state index is 11.8. The van der Waals surface area contributed by atoms with Crippen molar-refractivity contribution in [2.24, 2.45) is 0 Å². The van der Waals surface area contributed by atoms with Crippen LogP contribution in [0.15, 0.2) is 12.7 Å². The minimum absolute atomic E-state index is 0.142. The number of carbonyl (C=O) groups excluding carboxylic acids is 2. The van der Waals surface area contributed by atoms with Crippen molar-refractivity contribution < 1.29 is 19.1 Å². The van der Waals surface area contributed by atoms with Crippen molar-refractivity contribution >= 4 is 12.1 Å². The van der Waals surface area contributed by atoms with Gasteiger partial charge in [-0.25, -0.2) is 4.79 Å². The summed E-state index contributed by atoms with van der Waals surface area (Å²) in [6.07, 6.45) is 1.27. The van der Waals surface area contributed by atoms with Crippen molar-refractivity contribution in [3.63, 3.8) is 0 Å². The highest BCUT2D eigenvalue weighted by molar-refractivity contribution is 5.72. The molecule has 0 N–H and O–H groups in total. The standard InChI is InChI=1S/C12H21NO4/c1-6-8-13(9-7-10(14)16-5)11(15)17-12(2,3)4/h6H,1,7-9H2,2-5H3. The van der Waals surface area contributed by atoms with Crippen LogP contribution in [0.5, 0.6) is 0 Å². The average Bonchev–Trinajstić information content (AvgIpc) is 2.20. The number of hydrogen-bond acceptors (Lipinski definition) is 4. The van der Waals surface area contributed by atoms with Gasteiger partial charge in [0.2, 0.25) is 0 Å². The third-order valence-electron chi connectivity index (χ3n) is 1.81. The molecule has 0 aromatic rings. The predicted octanol–water partition coefficient (Wildman–Crippen LogP) is 1.97. The van der Waals surface area contributed by atoms with Gasteiger partial charge in [-0.2, -0.15) is 0 Å². The smallest absolute Gasteiger partial charge is 0.410 e. The second-order valence-electron chi connectivity index (χ2n) is 4.54. The molecule has 0 aromatic heterocycles. The molecule has 0 spiro atoms. The first kappa shape index (κ1) is 15.5. The molecule has 0 atom stereocenters. The highest BCUT2D eigenvalue weighted by atomic mass is 16.6. The molecule has 0 bridgehead atoms. The SMILES string of the molecule is C=CCN(CCC(=O)OC)C(=O)OC(C)(C)C. The van der Waals surface area contributed by atoms with Crippen LogP contribution in [-0.4, -0.2) is 42.8 Å². The minimum Gasteiger partial charge on any atom is -0.469 e. The number of methoxy groups -OCH3 is 1. The highest BCUT2D eigenvalue weighted by Crippen LogP contribution is 2.10. The van der Waals surface area contributed by atoms with Crippen molar-refractivity contribution in [3.8, 4) is 0 Å². The summed E-state index contributed by atoms with van der Waals surface area (Å²) in [6, 6.07) is 0. The molecule has 0 heterocycles. The van der Waals surface area contributed by atoms with Crippen LogP contribution in [-0.2, 0) is 14.3 Å². The molecule has 0 unspecified atom stereocenters. The summed E-state index contributed by atoms with van der Waals surface area (Å²) in [5, 5.41) is 0. The summed E-state index contributed by atoms with van der Waals surface area (Å²) >= 11 is 0. The molecule has 1 amide bonds. The lowest BCUT2D eigenvalue weighted by molar-refractivity contribution is -0.140.